The van der Waals surface area contributed by atoms with Crippen LogP contribution in [0.2, 0.25) is 0 Å². The molecule has 0 aliphatic rings. The van der Waals surface area contributed by atoms with E-state index >= 15 is 0 Å². The van der Waals surface area contributed by atoms with E-state index in [0.29, 0.717) is 49.4 Å². The molecule has 12 N–H and O–H groups in total. The number of primary amides is 2. The Labute approximate surface area is 437 Å². The summed E-state index contributed by atoms with van der Waals surface area (Å²) in [5.41, 5.74) is 12.8. The Morgan fingerprint density at radius 2 is 0.865 bits per heavy atom. The maximum Gasteiger partial charge on any atom is 0.312 e. The number of rotatable bonds is 30. The molecule has 0 aliphatic carbocycles. The van der Waals surface area contributed by atoms with Gasteiger partial charge in [-0.3, -0.25) is 33.6 Å². The lowest BCUT2D eigenvalue weighted by molar-refractivity contribution is -0.149. The van der Waals surface area contributed by atoms with Gasteiger partial charge in [0.1, 0.15) is 31.3 Å². The molecule has 9 amide bonds. The Morgan fingerprint density at radius 3 is 1.19 bits per heavy atom. The highest BCUT2D eigenvalue weighted by Crippen LogP contribution is 2.16. The van der Waals surface area contributed by atoms with E-state index in [4.69, 9.17) is 20.9 Å². The van der Waals surface area contributed by atoms with E-state index in [0.717, 1.165) is 11.1 Å². The van der Waals surface area contributed by atoms with E-state index in [-0.39, 0.29) is 92.1 Å². The van der Waals surface area contributed by atoms with Crippen LogP contribution >= 0.6 is 0 Å². The molecule has 0 fully saturated rings. The molecule has 0 aliphatic heterocycles. The van der Waals surface area contributed by atoms with Crippen LogP contribution in [-0.4, -0.2) is 96.8 Å². The molecule has 0 bridgehead atoms. The summed E-state index contributed by atoms with van der Waals surface area (Å²) in [5, 5.41) is 22.2. The fraction of sp³-hybridized carbons (Fsp3) is 0.604. The molecule has 414 valence electrons. The number of amides is 9. The van der Waals surface area contributed by atoms with Crippen molar-refractivity contribution in [2.24, 2.45) is 41.1 Å². The molecule has 0 heterocycles. The fourth-order valence-electron chi connectivity index (χ4n) is 6.70. The lowest BCUT2D eigenvalue weighted by atomic mass is 10.0. The first-order chi connectivity index (χ1) is 34.7. The summed E-state index contributed by atoms with van der Waals surface area (Å²) in [6.07, 6.45) is 2.39. The lowest BCUT2D eigenvalue weighted by Crippen LogP contribution is -2.54. The first-order valence-electron chi connectivity index (χ1n) is 25.6. The van der Waals surface area contributed by atoms with Crippen LogP contribution in [0.3, 0.4) is 0 Å². The number of anilines is 2. The summed E-state index contributed by atoms with van der Waals surface area (Å²) in [4.78, 5) is 110. The SMILES string of the molecule is CC(C)CCC(=O)N[C@H](C(=O)N[C@@H](CCCNC(N)=O)C(=O)Nc1ccc(COC(=O)C(C)C)cc1)C(C)C.CC(C)N[C@H](C(=O)N[C@@H](CCCNC(N)=O)C(=O)Nc1ccc(COC(=O)C(C)C)cc1)C(C)C. The van der Waals surface area contributed by atoms with Crippen LogP contribution in [0.5, 0.6) is 0 Å². The van der Waals surface area contributed by atoms with Crippen LogP contribution in [0, 0.1) is 29.6 Å². The number of esters is 2. The second kappa shape index (κ2) is 34.6. The van der Waals surface area contributed by atoms with Crippen molar-refractivity contribution in [2.45, 2.75) is 165 Å². The number of urea groups is 2. The number of carbonyl (C=O) groups excluding carboxylic acids is 9. The molecule has 2 aromatic carbocycles. The van der Waals surface area contributed by atoms with Gasteiger partial charge in [0.2, 0.25) is 29.5 Å². The quantitative estimate of drug-likeness (QED) is 0.0360. The molecular weight excluding hydrogens is 953 g/mol. The molecule has 2 aromatic rings. The molecule has 2 rings (SSSR count). The van der Waals surface area contributed by atoms with E-state index in [1.807, 2.05) is 55.4 Å². The number of hydrogen-bond acceptors (Lipinski definition) is 12. The molecule has 0 radical (unpaired) electrons. The maximum atomic E-state index is 13.1. The van der Waals surface area contributed by atoms with Crippen molar-refractivity contribution in [3.05, 3.63) is 59.7 Å². The van der Waals surface area contributed by atoms with Crippen molar-refractivity contribution in [1.29, 1.82) is 0 Å². The highest BCUT2D eigenvalue weighted by atomic mass is 16.5. The molecule has 0 spiro atoms. The number of carbonyl (C=O) groups is 9. The number of nitrogens with two attached hydrogens (primary N) is 2. The zero-order chi connectivity index (χ0) is 56.1. The Balaban J connectivity index is 0.000000744. The van der Waals surface area contributed by atoms with Gasteiger partial charge in [0, 0.05) is 36.9 Å². The first-order valence-corrected chi connectivity index (χ1v) is 25.6. The van der Waals surface area contributed by atoms with Gasteiger partial charge in [-0.25, -0.2) is 9.59 Å². The maximum absolute atomic E-state index is 13.1. The van der Waals surface area contributed by atoms with E-state index in [1.54, 1.807) is 76.2 Å². The van der Waals surface area contributed by atoms with Crippen LogP contribution in [0.15, 0.2) is 48.5 Å². The van der Waals surface area contributed by atoms with Crippen molar-refractivity contribution < 1.29 is 52.6 Å². The van der Waals surface area contributed by atoms with Crippen molar-refractivity contribution in [2.75, 3.05) is 23.7 Å². The predicted molar refractivity (Wildman–Crippen MR) is 285 cm³/mol. The van der Waals surface area contributed by atoms with Crippen molar-refractivity contribution in [3.63, 3.8) is 0 Å². The Hall–Kier alpha value is -6.77. The van der Waals surface area contributed by atoms with Gasteiger partial charge in [0.05, 0.1) is 17.9 Å². The van der Waals surface area contributed by atoms with Crippen molar-refractivity contribution >= 4 is 64.9 Å². The Kier molecular flexibility index (Phi) is 30.5. The van der Waals surface area contributed by atoms with Crippen LogP contribution in [0.4, 0.5) is 21.0 Å². The highest BCUT2D eigenvalue weighted by Gasteiger charge is 2.30. The summed E-state index contributed by atoms with van der Waals surface area (Å²) in [6, 6.07) is 9.53. The summed E-state index contributed by atoms with van der Waals surface area (Å²) in [7, 11) is 0. The molecule has 0 saturated heterocycles. The molecule has 74 heavy (non-hydrogen) atoms. The molecule has 0 aromatic heterocycles. The smallest absolute Gasteiger partial charge is 0.312 e. The third kappa shape index (κ3) is 27.9. The normalized spacial score (nSPS) is 12.7. The average molecular weight is 1040 g/mol. The fourth-order valence-corrected chi connectivity index (χ4v) is 6.70. The third-order valence-electron chi connectivity index (χ3n) is 11.0. The van der Waals surface area contributed by atoms with Gasteiger partial charge >= 0.3 is 24.0 Å². The van der Waals surface area contributed by atoms with Crippen LogP contribution in [-0.2, 0) is 56.2 Å². The molecular formula is C53H86N10O11. The van der Waals surface area contributed by atoms with Gasteiger partial charge in [0.15, 0.2) is 0 Å². The summed E-state index contributed by atoms with van der Waals surface area (Å²) in [6.45, 7) is 23.3. The van der Waals surface area contributed by atoms with Crippen molar-refractivity contribution in [1.82, 2.24) is 31.9 Å². The topological polar surface area (TPSA) is 320 Å². The average Bonchev–Trinajstić information content (AvgIpc) is 3.32. The van der Waals surface area contributed by atoms with Crippen molar-refractivity contribution in [3.8, 4) is 0 Å². The minimum absolute atomic E-state index is 0.0231. The number of benzene rings is 2. The highest BCUT2D eigenvalue weighted by molar-refractivity contribution is 5.99. The number of ether oxygens (including phenoxy) is 2. The van der Waals surface area contributed by atoms with Gasteiger partial charge in [-0.2, -0.15) is 0 Å². The molecule has 21 nitrogen and oxygen atoms in total. The predicted octanol–water partition coefficient (Wildman–Crippen LogP) is 5.11. The second-order valence-corrected chi connectivity index (χ2v) is 20.2. The number of nitrogens with one attached hydrogen (secondary N) is 8. The van der Waals surface area contributed by atoms with E-state index < -0.39 is 48.0 Å². The number of hydrogen-bond donors (Lipinski definition) is 10. The molecule has 0 unspecified atom stereocenters. The zero-order valence-electron chi connectivity index (χ0n) is 45.6. The largest absolute Gasteiger partial charge is 0.461 e. The van der Waals surface area contributed by atoms with E-state index in [9.17, 15) is 43.2 Å². The van der Waals surface area contributed by atoms with Gasteiger partial charge < -0.3 is 63.5 Å². The van der Waals surface area contributed by atoms with Crippen LogP contribution < -0.4 is 54.0 Å². The summed E-state index contributed by atoms with van der Waals surface area (Å²) >= 11 is 0. The zero-order valence-corrected chi connectivity index (χ0v) is 45.6. The lowest BCUT2D eigenvalue weighted by Gasteiger charge is -2.27. The Bertz CT molecular complexity index is 2100. The summed E-state index contributed by atoms with van der Waals surface area (Å²) in [5.74, 6) is -2.60. The molecule has 4 atom stereocenters. The van der Waals surface area contributed by atoms with Gasteiger partial charge in [-0.05, 0) is 85.3 Å². The first kappa shape index (κ1) is 65.2. The summed E-state index contributed by atoms with van der Waals surface area (Å²) < 4.78 is 10.4. The molecule has 21 heteroatoms. The van der Waals surface area contributed by atoms with Crippen LogP contribution in [0.25, 0.3) is 0 Å². The Morgan fingerprint density at radius 1 is 0.486 bits per heavy atom. The van der Waals surface area contributed by atoms with Gasteiger partial charge in [-0.1, -0.05) is 107 Å². The standard InChI is InChI=1S/C28H45N5O6.C25H41N5O5/c1-17(2)9-14-23(34)33-24(18(3)4)26(36)32-22(8-7-15-30-28(29)38)25(35)31-21-12-10-20(11-13-21)16-39-27(37)19(5)6;1-15(2)21(28-17(5)6)23(32)30-20(8-7-13-27-25(26)34)22(31)29-19-11-9-18(10-12-19)14-35-24(33)16(3)4/h10-13,17-19,22,24H,7-9,14-16H2,1-6H3,(H,31,35)(H,32,36)(H,33,34)(H3,29,30,38);9-12,15-17,20-21,28H,7-8,13-14H2,1-6H3,(H,29,31)(H,30,32)(H3,26,27,34)/t22-,24-;20-,21-/m00/s1. The van der Waals surface area contributed by atoms with Gasteiger partial charge in [0.25, 0.3) is 0 Å². The van der Waals surface area contributed by atoms with E-state index in [1.165, 1.54) is 0 Å². The van der Waals surface area contributed by atoms with Gasteiger partial charge in [-0.15, -0.1) is 0 Å². The van der Waals surface area contributed by atoms with E-state index in [2.05, 4.69) is 42.5 Å². The monoisotopic (exact) mass is 1040 g/mol. The molecule has 0 saturated carbocycles. The minimum atomic E-state index is -0.923. The van der Waals surface area contributed by atoms with Crippen LogP contribution in [0.1, 0.15) is 133 Å². The third-order valence-corrected chi connectivity index (χ3v) is 11.0. The minimum Gasteiger partial charge on any atom is -0.461 e. The second-order valence-electron chi connectivity index (χ2n) is 20.2.